The zero-order valence-corrected chi connectivity index (χ0v) is 10.5. The van der Waals surface area contributed by atoms with E-state index in [1.807, 2.05) is 0 Å². The van der Waals surface area contributed by atoms with E-state index >= 15 is 0 Å². The monoisotopic (exact) mass is 215 g/mol. The standard InChI is InChI=1S/C10H21Ge/c1-9-6-5-7-11(8-9)10(2,3)4/h9H,5-8H2,1-4H3/t9-/m1/s1. The molecule has 11 heavy (non-hydrogen) atoms. The van der Waals surface area contributed by atoms with Crippen LogP contribution in [0, 0.1) is 5.92 Å². The van der Waals surface area contributed by atoms with Crippen LogP contribution in [0.3, 0.4) is 0 Å². The molecule has 1 aliphatic heterocycles. The van der Waals surface area contributed by atoms with E-state index in [-0.39, 0.29) is 0 Å². The van der Waals surface area contributed by atoms with Gasteiger partial charge in [-0.2, -0.15) is 0 Å². The van der Waals surface area contributed by atoms with Gasteiger partial charge in [0.2, 0.25) is 0 Å². The molecule has 0 aliphatic carbocycles. The second-order valence-corrected chi connectivity index (χ2v) is 12.6. The molecule has 0 aromatic rings. The van der Waals surface area contributed by atoms with Crippen LogP contribution >= 0.6 is 0 Å². The maximum atomic E-state index is 2.46. The topological polar surface area (TPSA) is 0 Å². The molecule has 0 amide bonds. The van der Waals surface area contributed by atoms with Crippen LogP contribution in [0.4, 0.5) is 0 Å². The van der Waals surface area contributed by atoms with Crippen molar-refractivity contribution >= 4 is 14.3 Å². The Morgan fingerprint density at radius 3 is 2.27 bits per heavy atom. The molecule has 0 N–H and O–H groups in total. The van der Waals surface area contributed by atoms with Gasteiger partial charge >= 0.3 is 75.6 Å². The molecule has 1 atom stereocenters. The molecule has 0 aromatic heterocycles. The van der Waals surface area contributed by atoms with Crippen LogP contribution in [-0.4, -0.2) is 14.3 Å². The fraction of sp³-hybridized carbons (Fsp3) is 1.00. The molecule has 1 rings (SSSR count). The molecule has 65 valence electrons. The first-order chi connectivity index (χ1) is 5.00. The van der Waals surface area contributed by atoms with Crippen molar-refractivity contribution in [2.24, 2.45) is 5.92 Å². The van der Waals surface area contributed by atoms with E-state index in [1.54, 1.807) is 10.5 Å². The van der Waals surface area contributed by atoms with Crippen LogP contribution in [0.15, 0.2) is 0 Å². The Morgan fingerprint density at radius 1 is 1.27 bits per heavy atom. The zero-order chi connectivity index (χ0) is 8.48. The van der Waals surface area contributed by atoms with Crippen molar-refractivity contribution in [3.05, 3.63) is 0 Å². The second-order valence-electron chi connectivity index (χ2n) is 5.06. The van der Waals surface area contributed by atoms with Gasteiger partial charge in [0.15, 0.2) is 0 Å². The molecule has 0 bridgehead atoms. The fourth-order valence-electron chi connectivity index (χ4n) is 1.97. The van der Waals surface area contributed by atoms with Gasteiger partial charge in [0.1, 0.15) is 0 Å². The van der Waals surface area contributed by atoms with Crippen molar-refractivity contribution in [3.8, 4) is 0 Å². The molecule has 0 aromatic carbocycles. The summed E-state index contributed by atoms with van der Waals surface area (Å²) in [6, 6.07) is 0. The van der Waals surface area contributed by atoms with Crippen molar-refractivity contribution in [2.45, 2.75) is 55.3 Å². The minimum absolute atomic E-state index is 0.642. The molecule has 1 heterocycles. The Morgan fingerprint density at radius 2 is 1.91 bits per heavy atom. The molecular weight excluding hydrogens is 193 g/mol. The summed E-state index contributed by atoms with van der Waals surface area (Å²) in [5.74, 6) is 1.05. The predicted molar refractivity (Wildman–Crippen MR) is 53.5 cm³/mol. The first-order valence-corrected chi connectivity index (χ1v) is 8.87. The minimum atomic E-state index is -0.642. The molecule has 1 saturated heterocycles. The molecule has 0 nitrogen and oxygen atoms in total. The predicted octanol–water partition coefficient (Wildman–Crippen LogP) is 3.71. The number of rotatable bonds is 0. The molecule has 1 heteroatoms. The summed E-state index contributed by atoms with van der Waals surface area (Å²) in [4.78, 5) is 0. The fourth-order valence-corrected chi connectivity index (χ4v) is 8.77. The Balaban J connectivity index is 2.46. The number of hydrogen-bond acceptors (Lipinski definition) is 0. The molecule has 1 radical (unpaired) electrons. The summed E-state index contributed by atoms with van der Waals surface area (Å²) in [5, 5.41) is 3.26. The zero-order valence-electron chi connectivity index (χ0n) is 8.41. The van der Waals surface area contributed by atoms with Gasteiger partial charge in [-0.25, -0.2) is 0 Å². The summed E-state index contributed by atoms with van der Waals surface area (Å²) in [6.07, 6.45) is 3.04. The van der Waals surface area contributed by atoms with Gasteiger partial charge in [-0.3, -0.25) is 0 Å². The Kier molecular flexibility index (Phi) is 3.07. The summed E-state index contributed by atoms with van der Waals surface area (Å²) in [7, 11) is 0. The van der Waals surface area contributed by atoms with Gasteiger partial charge in [-0.1, -0.05) is 0 Å². The van der Waals surface area contributed by atoms with Crippen molar-refractivity contribution < 1.29 is 0 Å². The third kappa shape index (κ3) is 2.81. The summed E-state index contributed by atoms with van der Waals surface area (Å²) >= 11 is -0.642. The Bertz CT molecular complexity index is 123. The maximum absolute atomic E-state index is 2.46. The van der Waals surface area contributed by atoms with E-state index in [0.717, 1.165) is 5.92 Å². The summed E-state index contributed by atoms with van der Waals surface area (Å²) < 4.78 is 0.717. The van der Waals surface area contributed by atoms with Crippen molar-refractivity contribution in [1.29, 1.82) is 0 Å². The molecule has 0 saturated carbocycles. The average molecular weight is 214 g/mol. The quantitative estimate of drug-likeness (QED) is 0.539. The van der Waals surface area contributed by atoms with Crippen LogP contribution < -0.4 is 0 Å². The Labute approximate surface area is 75.9 Å². The van der Waals surface area contributed by atoms with Crippen molar-refractivity contribution in [3.63, 3.8) is 0 Å². The number of hydrogen-bond donors (Lipinski definition) is 0. The second kappa shape index (κ2) is 3.51. The molecule has 1 aliphatic rings. The first-order valence-electron chi connectivity index (χ1n) is 4.85. The van der Waals surface area contributed by atoms with Crippen LogP contribution in [0.25, 0.3) is 0 Å². The van der Waals surface area contributed by atoms with Crippen molar-refractivity contribution in [2.75, 3.05) is 0 Å². The van der Waals surface area contributed by atoms with E-state index in [9.17, 15) is 0 Å². The van der Waals surface area contributed by atoms with Gasteiger partial charge in [-0.15, -0.1) is 0 Å². The van der Waals surface area contributed by atoms with Crippen LogP contribution in [0.1, 0.15) is 40.5 Å². The first kappa shape index (κ1) is 9.63. The third-order valence-electron chi connectivity index (χ3n) is 2.83. The van der Waals surface area contributed by atoms with Gasteiger partial charge in [-0.05, 0) is 0 Å². The molecule has 0 spiro atoms. The third-order valence-corrected chi connectivity index (χ3v) is 11.8. The van der Waals surface area contributed by atoms with E-state index < -0.39 is 14.3 Å². The average Bonchev–Trinajstić information content (AvgIpc) is 1.86. The normalized spacial score (nSPS) is 28.9. The van der Waals surface area contributed by atoms with Crippen LogP contribution in [0.5, 0.6) is 0 Å². The van der Waals surface area contributed by atoms with Gasteiger partial charge < -0.3 is 0 Å². The summed E-state index contributed by atoms with van der Waals surface area (Å²) in [5.41, 5.74) is 0. The van der Waals surface area contributed by atoms with E-state index in [0.29, 0.717) is 4.25 Å². The van der Waals surface area contributed by atoms with Crippen molar-refractivity contribution in [1.82, 2.24) is 0 Å². The van der Waals surface area contributed by atoms with Crippen LogP contribution in [-0.2, 0) is 0 Å². The van der Waals surface area contributed by atoms with Crippen LogP contribution in [0.2, 0.25) is 14.8 Å². The van der Waals surface area contributed by atoms with E-state index in [2.05, 4.69) is 27.7 Å². The van der Waals surface area contributed by atoms with Gasteiger partial charge in [0, 0.05) is 0 Å². The molecule has 0 unspecified atom stereocenters. The SMILES string of the molecule is C[C@@H]1CC[CH2][Ge]([C](C)(C)C)[CH2]1. The van der Waals surface area contributed by atoms with Gasteiger partial charge in [0.25, 0.3) is 0 Å². The van der Waals surface area contributed by atoms with E-state index in [4.69, 9.17) is 0 Å². The van der Waals surface area contributed by atoms with Gasteiger partial charge in [0.05, 0.1) is 0 Å². The molecular formula is C10H21Ge. The summed E-state index contributed by atoms with van der Waals surface area (Å²) in [6.45, 7) is 9.82. The van der Waals surface area contributed by atoms with E-state index in [1.165, 1.54) is 12.8 Å². The molecule has 1 fully saturated rings. The Hall–Kier alpha value is 0.543.